The molecule has 2 aromatic heterocycles. The van der Waals surface area contributed by atoms with Gasteiger partial charge in [0, 0.05) is 0 Å². The van der Waals surface area contributed by atoms with Gasteiger partial charge in [-0.1, -0.05) is 12.0 Å². The van der Waals surface area contributed by atoms with Gasteiger partial charge in [0.25, 0.3) is 0 Å². The number of aryl methyl sites for hydroxylation is 1. The van der Waals surface area contributed by atoms with Crippen LogP contribution in [0.4, 0.5) is 0 Å². The Morgan fingerprint density at radius 3 is 3.17 bits per heavy atom. The first kappa shape index (κ1) is 12.4. The third-order valence-electron chi connectivity index (χ3n) is 2.25. The number of hydrogen-bond acceptors (Lipinski definition) is 5. The van der Waals surface area contributed by atoms with Crippen LogP contribution in [0.1, 0.15) is 11.5 Å². The molecule has 0 radical (unpaired) electrons. The molecule has 2 aromatic rings. The number of nitrogens with zero attached hydrogens (tertiary/aromatic N) is 1. The molecular formula is C13H11NO3S. The summed E-state index contributed by atoms with van der Waals surface area (Å²) in [7, 11) is 0. The molecule has 0 fully saturated rings. The first-order valence-corrected chi connectivity index (χ1v) is 6.18. The van der Waals surface area contributed by atoms with Gasteiger partial charge in [-0.15, -0.1) is 17.8 Å². The highest BCUT2D eigenvalue weighted by Gasteiger charge is 2.15. The Bertz CT molecular complexity index is 578. The highest BCUT2D eigenvalue weighted by Crippen LogP contribution is 2.26. The summed E-state index contributed by atoms with van der Waals surface area (Å²) in [6, 6.07) is 3.83. The van der Waals surface area contributed by atoms with E-state index in [1.54, 1.807) is 6.92 Å². The molecular weight excluding hydrogens is 250 g/mol. The van der Waals surface area contributed by atoms with Crippen LogP contribution >= 0.6 is 11.3 Å². The number of terminal acetylenes is 1. The van der Waals surface area contributed by atoms with E-state index in [1.165, 1.54) is 11.3 Å². The average Bonchev–Trinajstić information content (AvgIpc) is 2.97. The van der Waals surface area contributed by atoms with Crippen molar-refractivity contribution < 1.29 is 13.9 Å². The second-order valence-corrected chi connectivity index (χ2v) is 4.49. The maximum Gasteiger partial charge on any atom is 0.312 e. The predicted molar refractivity (Wildman–Crippen MR) is 68.0 cm³/mol. The Balaban J connectivity index is 2.11. The van der Waals surface area contributed by atoms with Crippen LogP contribution in [0.5, 0.6) is 0 Å². The molecule has 0 aromatic carbocycles. The molecule has 0 spiro atoms. The van der Waals surface area contributed by atoms with Gasteiger partial charge in [0.05, 0.1) is 17.0 Å². The smallest absolute Gasteiger partial charge is 0.312 e. The summed E-state index contributed by atoms with van der Waals surface area (Å²) >= 11 is 1.53. The molecule has 0 unspecified atom stereocenters. The van der Waals surface area contributed by atoms with Gasteiger partial charge in [-0.25, -0.2) is 4.98 Å². The Kier molecular flexibility index (Phi) is 3.80. The molecule has 4 nitrogen and oxygen atoms in total. The van der Waals surface area contributed by atoms with Crippen molar-refractivity contribution in [1.29, 1.82) is 0 Å². The lowest BCUT2D eigenvalue weighted by atomic mass is 10.3. The maximum absolute atomic E-state index is 11.4. The number of thiophene rings is 1. The monoisotopic (exact) mass is 261 g/mol. The van der Waals surface area contributed by atoms with Crippen LogP contribution in [0.15, 0.2) is 21.9 Å². The molecule has 0 aliphatic rings. The second-order valence-electron chi connectivity index (χ2n) is 3.54. The Morgan fingerprint density at radius 2 is 2.50 bits per heavy atom. The van der Waals surface area contributed by atoms with E-state index in [4.69, 9.17) is 15.6 Å². The maximum atomic E-state index is 11.4. The van der Waals surface area contributed by atoms with Crippen molar-refractivity contribution in [2.45, 2.75) is 13.3 Å². The molecule has 0 aliphatic carbocycles. The molecule has 2 heterocycles. The number of aromatic nitrogens is 1. The summed E-state index contributed by atoms with van der Waals surface area (Å²) in [5.74, 6) is 2.99. The zero-order valence-corrected chi connectivity index (χ0v) is 10.6. The van der Waals surface area contributed by atoms with Crippen molar-refractivity contribution in [3.63, 3.8) is 0 Å². The van der Waals surface area contributed by atoms with Crippen LogP contribution in [0, 0.1) is 19.3 Å². The Morgan fingerprint density at radius 1 is 1.67 bits per heavy atom. The molecule has 2 rings (SSSR count). The number of rotatable bonds is 4. The number of ether oxygens (including phenoxy) is 1. The highest BCUT2D eigenvalue weighted by atomic mass is 32.1. The molecule has 0 saturated heterocycles. The van der Waals surface area contributed by atoms with Crippen molar-refractivity contribution in [3.8, 4) is 23.1 Å². The number of carbonyl (C=O) groups is 1. The van der Waals surface area contributed by atoms with E-state index in [2.05, 4.69) is 10.9 Å². The molecule has 18 heavy (non-hydrogen) atoms. The van der Waals surface area contributed by atoms with Crippen LogP contribution in [0.25, 0.3) is 10.8 Å². The lowest BCUT2D eigenvalue weighted by Crippen LogP contribution is -2.09. The van der Waals surface area contributed by atoms with Gasteiger partial charge in [-0.3, -0.25) is 4.79 Å². The minimum atomic E-state index is -0.401. The number of oxazole rings is 1. The SMILES string of the molecule is C#CCOC(=O)Cc1nc(-c2cccs2)oc1C. The summed E-state index contributed by atoms with van der Waals surface area (Å²) < 4.78 is 10.3. The van der Waals surface area contributed by atoms with Crippen molar-refractivity contribution in [2.75, 3.05) is 6.61 Å². The van der Waals surface area contributed by atoms with Gasteiger partial charge < -0.3 is 9.15 Å². The zero-order chi connectivity index (χ0) is 13.0. The van der Waals surface area contributed by atoms with Crippen LogP contribution in [0.3, 0.4) is 0 Å². The van der Waals surface area contributed by atoms with E-state index in [0.717, 1.165) is 4.88 Å². The minimum Gasteiger partial charge on any atom is -0.452 e. The van der Waals surface area contributed by atoms with E-state index in [1.807, 2.05) is 17.5 Å². The topological polar surface area (TPSA) is 52.3 Å². The van der Waals surface area contributed by atoms with Crippen molar-refractivity contribution in [2.24, 2.45) is 0 Å². The van der Waals surface area contributed by atoms with Crippen LogP contribution in [0.2, 0.25) is 0 Å². The van der Waals surface area contributed by atoms with Crippen molar-refractivity contribution >= 4 is 17.3 Å². The van der Waals surface area contributed by atoms with Crippen molar-refractivity contribution in [1.82, 2.24) is 4.98 Å². The highest BCUT2D eigenvalue weighted by molar-refractivity contribution is 7.13. The van der Waals surface area contributed by atoms with Gasteiger partial charge in [-0.05, 0) is 18.4 Å². The first-order chi connectivity index (χ1) is 8.70. The normalized spacial score (nSPS) is 10.0. The van der Waals surface area contributed by atoms with E-state index in [-0.39, 0.29) is 13.0 Å². The predicted octanol–water partition coefficient (Wildman–Crippen LogP) is 2.43. The van der Waals surface area contributed by atoms with Gasteiger partial charge >= 0.3 is 5.97 Å². The van der Waals surface area contributed by atoms with Gasteiger partial charge in [0.2, 0.25) is 5.89 Å². The van der Waals surface area contributed by atoms with E-state index < -0.39 is 5.97 Å². The molecule has 0 N–H and O–H groups in total. The number of carbonyl (C=O) groups excluding carboxylic acids is 1. The van der Waals surface area contributed by atoms with Crippen LogP contribution in [-0.4, -0.2) is 17.6 Å². The molecule has 0 bridgehead atoms. The lowest BCUT2D eigenvalue weighted by Gasteiger charge is -1.97. The zero-order valence-electron chi connectivity index (χ0n) is 9.80. The molecule has 0 aliphatic heterocycles. The molecule has 0 atom stereocenters. The summed E-state index contributed by atoms with van der Waals surface area (Å²) in [5.41, 5.74) is 0.584. The van der Waals surface area contributed by atoms with E-state index in [9.17, 15) is 4.79 Å². The third-order valence-corrected chi connectivity index (χ3v) is 3.11. The van der Waals surface area contributed by atoms with Gasteiger partial charge in [0.15, 0.2) is 6.61 Å². The lowest BCUT2D eigenvalue weighted by molar-refractivity contribution is -0.141. The number of esters is 1. The van der Waals surface area contributed by atoms with E-state index >= 15 is 0 Å². The fourth-order valence-electron chi connectivity index (χ4n) is 1.41. The Hall–Kier alpha value is -2.06. The third kappa shape index (κ3) is 2.79. The summed E-state index contributed by atoms with van der Waals surface area (Å²) in [6.45, 7) is 1.75. The Labute approximate surface area is 109 Å². The average molecular weight is 261 g/mol. The summed E-state index contributed by atoms with van der Waals surface area (Å²) in [4.78, 5) is 16.6. The van der Waals surface area contributed by atoms with Crippen molar-refractivity contribution in [3.05, 3.63) is 29.0 Å². The summed E-state index contributed by atoms with van der Waals surface area (Å²) in [5, 5.41) is 1.94. The quantitative estimate of drug-likeness (QED) is 0.626. The fourth-order valence-corrected chi connectivity index (χ4v) is 2.06. The van der Waals surface area contributed by atoms with E-state index in [0.29, 0.717) is 17.3 Å². The minimum absolute atomic E-state index is 0.0203. The second kappa shape index (κ2) is 5.52. The van der Waals surface area contributed by atoms with Crippen LogP contribution in [-0.2, 0) is 16.0 Å². The summed E-state index contributed by atoms with van der Waals surface area (Å²) in [6.07, 6.45) is 5.08. The molecule has 0 saturated carbocycles. The fraction of sp³-hybridized carbons (Fsp3) is 0.231. The van der Waals surface area contributed by atoms with Gasteiger partial charge in [0.1, 0.15) is 5.76 Å². The number of hydrogen-bond donors (Lipinski definition) is 0. The first-order valence-electron chi connectivity index (χ1n) is 5.30. The molecule has 92 valence electrons. The largest absolute Gasteiger partial charge is 0.452 e. The standard InChI is InChI=1S/C13H11NO3S/c1-3-6-16-12(15)8-10-9(2)17-13(14-10)11-5-4-7-18-11/h1,4-5,7H,6,8H2,2H3. The van der Waals surface area contributed by atoms with Gasteiger partial charge in [-0.2, -0.15) is 0 Å². The van der Waals surface area contributed by atoms with Crippen LogP contribution < -0.4 is 0 Å². The molecule has 5 heteroatoms. The molecule has 0 amide bonds.